The Morgan fingerprint density at radius 2 is 1.61 bits per heavy atom. The van der Waals surface area contributed by atoms with Crippen LogP contribution < -0.4 is 9.83 Å². The van der Waals surface area contributed by atoms with Gasteiger partial charge in [0.2, 0.25) is 0 Å². The highest BCUT2D eigenvalue weighted by molar-refractivity contribution is 8.58. The normalized spacial score (nSPS) is 13.9. The third-order valence-electron chi connectivity index (χ3n) is 2.56. The Hall–Kier alpha value is -1.18. The number of rotatable bonds is 4. The molecule has 0 heterocycles. The molecule has 18 heavy (non-hydrogen) atoms. The molecule has 4 heteroatoms. The molecule has 0 amide bonds. The van der Waals surface area contributed by atoms with Crippen LogP contribution in [0.3, 0.4) is 0 Å². The molecule has 0 aliphatic rings. The van der Waals surface area contributed by atoms with Gasteiger partial charge in [-0.05, 0) is 37.4 Å². The van der Waals surface area contributed by atoms with Gasteiger partial charge in [0, 0.05) is 0 Å². The second kappa shape index (κ2) is 5.64. The second-order valence-electron chi connectivity index (χ2n) is 3.92. The Bertz CT molecular complexity index is 552. The lowest BCUT2D eigenvalue weighted by Gasteiger charge is -2.17. The summed E-state index contributed by atoms with van der Waals surface area (Å²) < 4.78 is 18.5. The summed E-state index contributed by atoms with van der Waals surface area (Å²) in [5, 5.41) is 0.734. The molecule has 0 spiro atoms. The summed E-state index contributed by atoms with van der Waals surface area (Å²) in [7, 11) is 0. The van der Waals surface area contributed by atoms with Crippen LogP contribution in [0, 0.1) is 6.92 Å². The summed E-state index contributed by atoms with van der Waals surface area (Å²) in [5.74, 6) is 0.641. The van der Waals surface area contributed by atoms with E-state index in [2.05, 4.69) is 0 Å². The molecule has 0 aliphatic carbocycles. The van der Waals surface area contributed by atoms with Gasteiger partial charge < -0.3 is 4.52 Å². The van der Waals surface area contributed by atoms with Gasteiger partial charge in [0.25, 0.3) is 0 Å². The van der Waals surface area contributed by atoms with Gasteiger partial charge in [-0.25, -0.2) is 0 Å². The predicted octanol–water partition coefficient (Wildman–Crippen LogP) is 4.26. The molecule has 1 atom stereocenters. The highest BCUT2D eigenvalue weighted by Gasteiger charge is 2.26. The fraction of sp³-hybridized carbons (Fsp3) is 0.143. The van der Waals surface area contributed by atoms with Crippen molar-refractivity contribution in [2.75, 3.05) is 6.26 Å². The van der Waals surface area contributed by atoms with E-state index in [-0.39, 0.29) is 0 Å². The Morgan fingerprint density at radius 3 is 2.17 bits per heavy atom. The molecule has 0 N–H and O–H groups in total. The summed E-state index contributed by atoms with van der Waals surface area (Å²) in [4.78, 5) is 0. The third-order valence-corrected chi connectivity index (χ3v) is 6.72. The van der Waals surface area contributed by atoms with Crippen LogP contribution in [0.2, 0.25) is 0 Å². The first-order chi connectivity index (χ1) is 8.64. The van der Waals surface area contributed by atoms with Crippen molar-refractivity contribution in [2.24, 2.45) is 0 Å². The van der Waals surface area contributed by atoms with Crippen molar-refractivity contribution in [1.82, 2.24) is 0 Å². The van der Waals surface area contributed by atoms with Crippen LogP contribution in [0.25, 0.3) is 0 Å². The fourth-order valence-electron chi connectivity index (χ4n) is 1.54. The Kier molecular flexibility index (Phi) is 4.15. The van der Waals surface area contributed by atoms with E-state index in [0.717, 1.165) is 10.9 Å². The average molecular weight is 278 g/mol. The van der Waals surface area contributed by atoms with Crippen LogP contribution in [0.5, 0.6) is 5.75 Å². The lowest BCUT2D eigenvalue weighted by molar-refractivity contribution is 0.509. The lowest BCUT2D eigenvalue weighted by Crippen LogP contribution is -2.06. The minimum Gasteiger partial charge on any atom is -0.433 e. The molecule has 2 rings (SSSR count). The van der Waals surface area contributed by atoms with Crippen LogP contribution in [-0.4, -0.2) is 6.26 Å². The minimum absolute atomic E-state index is 0.641. The smallest absolute Gasteiger partial charge is 0.332 e. The summed E-state index contributed by atoms with van der Waals surface area (Å²) in [5.41, 5.74) is 1.15. The molecule has 1 unspecified atom stereocenters. The molecule has 2 nitrogen and oxygen atoms in total. The zero-order chi connectivity index (χ0) is 13.0. The molecule has 0 saturated carbocycles. The maximum atomic E-state index is 12.8. The molecular weight excluding hydrogens is 263 g/mol. The summed E-state index contributed by atoms with van der Waals surface area (Å²) in [6.45, 7) is -0.864. The van der Waals surface area contributed by atoms with E-state index in [4.69, 9.17) is 4.52 Å². The molecule has 94 valence electrons. The van der Waals surface area contributed by atoms with E-state index in [0.29, 0.717) is 5.75 Å². The van der Waals surface area contributed by atoms with Gasteiger partial charge in [-0.3, -0.25) is 4.57 Å². The molecule has 0 aliphatic heterocycles. The van der Waals surface area contributed by atoms with Crippen molar-refractivity contribution >= 4 is 23.3 Å². The standard InChI is InChI=1S/C14H15O2PS/c1-12-8-10-13(11-9-12)16-17(15,18-2)14-6-4-3-5-7-14/h3-11H,1-2H3. The predicted molar refractivity (Wildman–Crippen MR) is 79.0 cm³/mol. The van der Waals surface area contributed by atoms with Crippen molar-refractivity contribution < 1.29 is 9.09 Å². The largest absolute Gasteiger partial charge is 0.433 e. The second-order valence-corrected chi connectivity index (χ2v) is 8.52. The van der Waals surface area contributed by atoms with Gasteiger partial charge >= 0.3 is 6.57 Å². The molecule has 2 aromatic carbocycles. The van der Waals surface area contributed by atoms with Crippen LogP contribution in [0.1, 0.15) is 5.56 Å². The third kappa shape index (κ3) is 2.98. The first kappa shape index (κ1) is 13.3. The molecular formula is C14H15O2PS. The fourth-order valence-corrected chi connectivity index (χ4v) is 4.35. The topological polar surface area (TPSA) is 26.3 Å². The highest BCUT2D eigenvalue weighted by Crippen LogP contribution is 2.56. The summed E-state index contributed by atoms with van der Waals surface area (Å²) in [6.07, 6.45) is 1.81. The van der Waals surface area contributed by atoms with Crippen LogP contribution in [0.4, 0.5) is 0 Å². The van der Waals surface area contributed by atoms with Crippen molar-refractivity contribution in [2.45, 2.75) is 6.92 Å². The van der Waals surface area contributed by atoms with Gasteiger partial charge in [0.15, 0.2) is 0 Å². The van der Waals surface area contributed by atoms with Crippen LogP contribution >= 0.6 is 18.0 Å². The molecule has 0 fully saturated rings. The van der Waals surface area contributed by atoms with Crippen LogP contribution in [-0.2, 0) is 4.57 Å². The molecule has 0 bridgehead atoms. The van der Waals surface area contributed by atoms with Crippen molar-refractivity contribution in [3.63, 3.8) is 0 Å². The van der Waals surface area contributed by atoms with E-state index in [1.54, 1.807) is 0 Å². The lowest BCUT2D eigenvalue weighted by atomic mass is 10.2. The maximum Gasteiger partial charge on any atom is 0.332 e. The van der Waals surface area contributed by atoms with E-state index >= 15 is 0 Å². The quantitative estimate of drug-likeness (QED) is 0.782. The molecule has 0 radical (unpaired) electrons. The molecule has 0 aromatic heterocycles. The summed E-state index contributed by atoms with van der Waals surface area (Å²) >= 11 is 1.26. The average Bonchev–Trinajstić information content (AvgIpc) is 2.42. The maximum absolute atomic E-state index is 12.8. The SMILES string of the molecule is CSP(=O)(Oc1ccc(C)cc1)c1ccccc1. The Morgan fingerprint density at radius 1 is 1.00 bits per heavy atom. The Labute approximate surface area is 112 Å². The minimum atomic E-state index is -2.87. The van der Waals surface area contributed by atoms with E-state index < -0.39 is 6.57 Å². The van der Waals surface area contributed by atoms with Gasteiger partial charge in [-0.2, -0.15) is 0 Å². The van der Waals surface area contributed by atoms with Gasteiger partial charge in [0.1, 0.15) is 5.75 Å². The summed E-state index contributed by atoms with van der Waals surface area (Å²) in [6, 6.07) is 16.9. The number of aryl methyl sites for hydroxylation is 1. The Balaban J connectivity index is 2.29. The number of hydrogen-bond donors (Lipinski definition) is 0. The molecule has 2 aromatic rings. The van der Waals surface area contributed by atoms with E-state index in [1.807, 2.05) is 67.8 Å². The first-order valence-corrected chi connectivity index (χ1v) is 9.07. The molecule has 0 saturated heterocycles. The van der Waals surface area contributed by atoms with E-state index in [9.17, 15) is 4.57 Å². The van der Waals surface area contributed by atoms with Gasteiger partial charge in [-0.1, -0.05) is 47.3 Å². The zero-order valence-electron chi connectivity index (χ0n) is 10.4. The van der Waals surface area contributed by atoms with Gasteiger partial charge in [-0.15, -0.1) is 0 Å². The number of hydrogen-bond acceptors (Lipinski definition) is 3. The van der Waals surface area contributed by atoms with E-state index in [1.165, 1.54) is 11.4 Å². The van der Waals surface area contributed by atoms with Crippen LogP contribution in [0.15, 0.2) is 54.6 Å². The van der Waals surface area contributed by atoms with Crippen molar-refractivity contribution in [3.05, 3.63) is 60.2 Å². The van der Waals surface area contributed by atoms with Crippen molar-refractivity contribution in [1.29, 1.82) is 0 Å². The first-order valence-electron chi connectivity index (χ1n) is 5.62. The van der Waals surface area contributed by atoms with Gasteiger partial charge in [0.05, 0.1) is 5.30 Å². The highest BCUT2D eigenvalue weighted by atomic mass is 32.7. The monoisotopic (exact) mass is 278 g/mol. The van der Waals surface area contributed by atoms with Crippen molar-refractivity contribution in [3.8, 4) is 5.75 Å². The zero-order valence-corrected chi connectivity index (χ0v) is 12.1. The number of benzene rings is 2.